The highest BCUT2D eigenvalue weighted by Gasteiger charge is 2.15. The third kappa shape index (κ3) is 4.87. The highest BCUT2D eigenvalue weighted by Crippen LogP contribution is 2.27. The molecule has 1 amide bonds. The molecule has 0 radical (unpaired) electrons. The predicted molar refractivity (Wildman–Crippen MR) is 99.7 cm³/mol. The van der Waals surface area contributed by atoms with Crippen molar-refractivity contribution >= 4 is 28.9 Å². The molecule has 25 heavy (non-hydrogen) atoms. The first-order valence-corrected chi connectivity index (χ1v) is 8.71. The van der Waals surface area contributed by atoms with Gasteiger partial charge < -0.3 is 19.7 Å². The van der Waals surface area contributed by atoms with Crippen LogP contribution in [-0.2, 0) is 9.53 Å². The van der Waals surface area contributed by atoms with Crippen LogP contribution in [-0.4, -0.2) is 38.8 Å². The number of nitrogens with one attached hydrogen (secondary N) is 1. The van der Waals surface area contributed by atoms with Gasteiger partial charge in [-0.05, 0) is 24.3 Å². The fourth-order valence-corrected chi connectivity index (χ4v) is 2.88. The van der Waals surface area contributed by atoms with Gasteiger partial charge >= 0.3 is 0 Å². The van der Waals surface area contributed by atoms with Crippen molar-refractivity contribution in [1.82, 2.24) is 0 Å². The van der Waals surface area contributed by atoms with Gasteiger partial charge in [0.05, 0.1) is 42.6 Å². The highest BCUT2D eigenvalue weighted by atomic mass is 35.5. The van der Waals surface area contributed by atoms with Gasteiger partial charge in [0.2, 0.25) is 5.91 Å². The predicted octanol–water partition coefficient (Wildman–Crippen LogP) is 3.58. The number of halogens is 1. The number of anilines is 2. The first-order valence-electron chi connectivity index (χ1n) is 8.33. The average molecular weight is 361 g/mol. The molecule has 0 saturated carbocycles. The number of hydrogen-bond donors (Lipinski definition) is 1. The van der Waals surface area contributed by atoms with Gasteiger partial charge in [-0.15, -0.1) is 0 Å². The molecule has 3 rings (SSSR count). The Morgan fingerprint density at radius 2 is 1.84 bits per heavy atom. The van der Waals surface area contributed by atoms with Crippen LogP contribution in [0.5, 0.6) is 5.75 Å². The van der Waals surface area contributed by atoms with Crippen LogP contribution < -0.4 is 15.0 Å². The van der Waals surface area contributed by atoms with E-state index in [-0.39, 0.29) is 18.9 Å². The maximum Gasteiger partial charge on any atom is 0.227 e. The van der Waals surface area contributed by atoms with Gasteiger partial charge in [-0.2, -0.15) is 0 Å². The van der Waals surface area contributed by atoms with Gasteiger partial charge in [0.15, 0.2) is 0 Å². The van der Waals surface area contributed by atoms with Gasteiger partial charge in [0, 0.05) is 13.1 Å². The molecule has 0 atom stereocenters. The molecule has 5 nitrogen and oxygen atoms in total. The number of carbonyl (C=O) groups excluding carboxylic acids is 1. The van der Waals surface area contributed by atoms with Crippen molar-refractivity contribution in [2.24, 2.45) is 0 Å². The van der Waals surface area contributed by atoms with Crippen molar-refractivity contribution in [2.75, 3.05) is 43.1 Å². The zero-order valence-corrected chi connectivity index (χ0v) is 14.7. The molecule has 0 aliphatic carbocycles. The van der Waals surface area contributed by atoms with E-state index in [1.165, 1.54) is 0 Å². The number of rotatable bonds is 6. The second-order valence-corrected chi connectivity index (χ2v) is 6.10. The van der Waals surface area contributed by atoms with Crippen molar-refractivity contribution in [1.29, 1.82) is 0 Å². The first-order chi connectivity index (χ1) is 12.2. The van der Waals surface area contributed by atoms with Crippen molar-refractivity contribution in [2.45, 2.75) is 6.42 Å². The van der Waals surface area contributed by atoms with E-state index >= 15 is 0 Å². The van der Waals surface area contributed by atoms with Crippen LogP contribution in [0, 0.1) is 0 Å². The van der Waals surface area contributed by atoms with E-state index in [2.05, 4.69) is 10.2 Å². The molecule has 0 unspecified atom stereocenters. The summed E-state index contributed by atoms with van der Waals surface area (Å²) in [5.74, 6) is 0.499. The lowest BCUT2D eigenvalue weighted by atomic mass is 10.2. The zero-order chi connectivity index (χ0) is 17.5. The molecular weight excluding hydrogens is 340 g/mol. The van der Waals surface area contributed by atoms with Crippen LogP contribution in [0.1, 0.15) is 6.42 Å². The summed E-state index contributed by atoms with van der Waals surface area (Å²) in [6.07, 6.45) is 0.253. The monoisotopic (exact) mass is 360 g/mol. The van der Waals surface area contributed by atoms with Crippen molar-refractivity contribution in [3.63, 3.8) is 0 Å². The number of benzene rings is 2. The highest BCUT2D eigenvalue weighted by molar-refractivity contribution is 6.32. The summed E-state index contributed by atoms with van der Waals surface area (Å²) < 4.78 is 11.0. The van der Waals surface area contributed by atoms with Crippen LogP contribution in [0.4, 0.5) is 11.4 Å². The topological polar surface area (TPSA) is 50.8 Å². The maximum absolute atomic E-state index is 12.3. The molecule has 0 spiro atoms. The summed E-state index contributed by atoms with van der Waals surface area (Å²) in [6, 6.07) is 15.0. The fourth-order valence-electron chi connectivity index (χ4n) is 2.69. The summed E-state index contributed by atoms with van der Waals surface area (Å²) in [5, 5.41) is 3.52. The van der Waals surface area contributed by atoms with Gasteiger partial charge in [0.25, 0.3) is 0 Å². The van der Waals surface area contributed by atoms with E-state index in [9.17, 15) is 4.79 Å². The van der Waals surface area contributed by atoms with Crippen LogP contribution in [0.2, 0.25) is 5.02 Å². The van der Waals surface area contributed by atoms with Crippen LogP contribution in [0.25, 0.3) is 0 Å². The van der Waals surface area contributed by atoms with E-state index in [1.807, 2.05) is 36.4 Å². The Morgan fingerprint density at radius 1 is 1.12 bits per heavy atom. The zero-order valence-electron chi connectivity index (χ0n) is 13.9. The molecule has 6 heteroatoms. The quantitative estimate of drug-likeness (QED) is 0.855. The maximum atomic E-state index is 12.3. The molecule has 1 heterocycles. The Bertz CT molecular complexity index is 717. The van der Waals surface area contributed by atoms with Crippen LogP contribution >= 0.6 is 11.6 Å². The third-order valence-corrected chi connectivity index (χ3v) is 4.27. The Labute approximate surface area is 152 Å². The van der Waals surface area contributed by atoms with E-state index in [0.29, 0.717) is 24.0 Å². The largest absolute Gasteiger partial charge is 0.491 e. The second-order valence-electron chi connectivity index (χ2n) is 5.69. The van der Waals surface area contributed by atoms with Gasteiger partial charge in [-0.25, -0.2) is 0 Å². The Kier molecular flexibility index (Phi) is 6.14. The summed E-state index contributed by atoms with van der Waals surface area (Å²) in [5.41, 5.74) is 1.83. The summed E-state index contributed by atoms with van der Waals surface area (Å²) in [7, 11) is 0. The Balaban J connectivity index is 1.55. The SMILES string of the molecule is O=C(CCOc1ccccc1Cl)Nc1ccccc1N1CCOCC1. The summed E-state index contributed by atoms with van der Waals surface area (Å²) in [6.45, 7) is 3.32. The minimum atomic E-state index is -0.0900. The fraction of sp³-hybridized carbons (Fsp3) is 0.316. The van der Waals surface area contributed by atoms with Crippen molar-refractivity contribution < 1.29 is 14.3 Å². The lowest BCUT2D eigenvalue weighted by Crippen LogP contribution is -2.36. The molecule has 1 aliphatic heterocycles. The molecule has 2 aromatic rings. The number of nitrogens with zero attached hydrogens (tertiary/aromatic N) is 1. The summed E-state index contributed by atoms with van der Waals surface area (Å²) >= 11 is 6.03. The average Bonchev–Trinajstić information content (AvgIpc) is 2.64. The number of hydrogen-bond acceptors (Lipinski definition) is 4. The van der Waals surface area contributed by atoms with E-state index in [0.717, 1.165) is 24.5 Å². The number of carbonyl (C=O) groups is 1. The van der Waals surface area contributed by atoms with Crippen LogP contribution in [0.3, 0.4) is 0 Å². The van der Waals surface area contributed by atoms with E-state index in [1.54, 1.807) is 12.1 Å². The third-order valence-electron chi connectivity index (χ3n) is 3.95. The lowest BCUT2D eigenvalue weighted by molar-refractivity contribution is -0.116. The molecular formula is C19H21ClN2O3. The van der Waals surface area contributed by atoms with Gasteiger partial charge in [-0.3, -0.25) is 4.79 Å². The lowest BCUT2D eigenvalue weighted by Gasteiger charge is -2.30. The number of morpholine rings is 1. The molecule has 1 aliphatic rings. The minimum absolute atomic E-state index is 0.0900. The second kappa shape index (κ2) is 8.74. The van der Waals surface area contributed by atoms with Crippen molar-refractivity contribution in [3.8, 4) is 5.75 Å². The molecule has 2 aromatic carbocycles. The smallest absolute Gasteiger partial charge is 0.227 e. The minimum Gasteiger partial charge on any atom is -0.491 e. The summed E-state index contributed by atoms with van der Waals surface area (Å²) in [4.78, 5) is 14.5. The molecule has 0 bridgehead atoms. The molecule has 1 fully saturated rings. The number of amides is 1. The Morgan fingerprint density at radius 3 is 2.64 bits per heavy atom. The van der Waals surface area contributed by atoms with Gasteiger partial charge in [-0.1, -0.05) is 35.9 Å². The molecule has 1 N–H and O–H groups in total. The normalized spacial score (nSPS) is 14.2. The Hall–Kier alpha value is -2.24. The molecule has 132 valence electrons. The number of para-hydroxylation sites is 3. The van der Waals surface area contributed by atoms with E-state index in [4.69, 9.17) is 21.1 Å². The standard InChI is InChI=1S/C19H21ClN2O3/c20-15-5-1-4-8-18(15)25-12-9-19(23)21-16-6-2-3-7-17(16)22-10-13-24-14-11-22/h1-8H,9-14H2,(H,21,23). The molecule has 0 aromatic heterocycles. The van der Waals surface area contributed by atoms with E-state index < -0.39 is 0 Å². The van der Waals surface area contributed by atoms with Crippen molar-refractivity contribution in [3.05, 3.63) is 53.6 Å². The first kappa shape index (κ1) is 17.6. The van der Waals surface area contributed by atoms with Gasteiger partial charge in [0.1, 0.15) is 5.75 Å². The molecule has 1 saturated heterocycles. The number of ether oxygens (including phenoxy) is 2. The van der Waals surface area contributed by atoms with Crippen LogP contribution in [0.15, 0.2) is 48.5 Å².